The first kappa shape index (κ1) is 14.5. The van der Waals surface area contributed by atoms with E-state index in [1.54, 1.807) is 13.8 Å². The Bertz CT molecular complexity index is 473. The Kier molecular flexibility index (Phi) is 4.72. The maximum atomic E-state index is 11.8. The number of aliphatic carboxylic acids is 1. The molecule has 0 saturated heterocycles. The summed E-state index contributed by atoms with van der Waals surface area (Å²) in [6, 6.07) is 3.34. The Morgan fingerprint density at radius 2 is 1.94 bits per heavy atom. The molecule has 1 atom stereocenters. The Hall–Kier alpha value is -1.56. The molecule has 3 N–H and O–H groups in total. The summed E-state index contributed by atoms with van der Waals surface area (Å²) in [6.45, 7) is 3.41. The molecule has 1 unspecified atom stereocenters. The normalized spacial score (nSPS) is 12.2. The Labute approximate surface area is 113 Å². The Morgan fingerprint density at radius 1 is 1.33 bits per heavy atom. The van der Waals surface area contributed by atoms with Crippen LogP contribution in [0.4, 0.5) is 0 Å². The minimum Gasteiger partial charge on any atom is -0.507 e. The molecule has 0 aliphatic rings. The number of nitrogens with one attached hydrogen (secondary N) is 1. The molecule has 0 aliphatic heterocycles. The molecule has 0 spiro atoms. The standard InChI is InChI=1S/C12H14BrNO4/c1-6(2)10(12(17)18)14-11(16)7-3-4-8(13)9(15)5-7/h3-6,10,15H,1-2H3,(H,14,16)(H,17,18). The van der Waals surface area contributed by atoms with Gasteiger partial charge in [0.15, 0.2) is 0 Å². The molecule has 1 aromatic rings. The zero-order chi connectivity index (χ0) is 13.9. The van der Waals surface area contributed by atoms with E-state index in [9.17, 15) is 14.7 Å². The number of phenols is 1. The number of carbonyl (C=O) groups excluding carboxylic acids is 1. The highest BCUT2D eigenvalue weighted by atomic mass is 79.9. The summed E-state index contributed by atoms with van der Waals surface area (Å²) in [4.78, 5) is 22.8. The van der Waals surface area contributed by atoms with Crippen LogP contribution in [0.5, 0.6) is 5.75 Å². The predicted molar refractivity (Wildman–Crippen MR) is 69.5 cm³/mol. The molecule has 6 heteroatoms. The average molecular weight is 316 g/mol. The molecule has 0 fully saturated rings. The van der Waals surface area contributed by atoms with E-state index in [1.165, 1.54) is 18.2 Å². The van der Waals surface area contributed by atoms with Gasteiger partial charge in [0.1, 0.15) is 11.8 Å². The van der Waals surface area contributed by atoms with Gasteiger partial charge in [0.05, 0.1) is 4.47 Å². The van der Waals surface area contributed by atoms with E-state index >= 15 is 0 Å². The second-order valence-electron chi connectivity index (χ2n) is 4.20. The summed E-state index contributed by atoms with van der Waals surface area (Å²) in [5, 5.41) is 20.8. The summed E-state index contributed by atoms with van der Waals surface area (Å²) >= 11 is 3.10. The van der Waals surface area contributed by atoms with Gasteiger partial charge in [-0.2, -0.15) is 0 Å². The third kappa shape index (κ3) is 3.46. The number of carbonyl (C=O) groups is 2. The van der Waals surface area contributed by atoms with E-state index in [4.69, 9.17) is 5.11 Å². The van der Waals surface area contributed by atoms with Gasteiger partial charge in [-0.1, -0.05) is 13.8 Å². The van der Waals surface area contributed by atoms with Crippen LogP contribution in [0, 0.1) is 5.92 Å². The van der Waals surface area contributed by atoms with Crippen LogP contribution in [-0.4, -0.2) is 28.1 Å². The van der Waals surface area contributed by atoms with Gasteiger partial charge in [-0.15, -0.1) is 0 Å². The molecule has 0 aliphatic carbocycles. The largest absolute Gasteiger partial charge is 0.507 e. The van der Waals surface area contributed by atoms with Crippen molar-refractivity contribution in [2.45, 2.75) is 19.9 Å². The van der Waals surface area contributed by atoms with Crippen LogP contribution < -0.4 is 5.32 Å². The van der Waals surface area contributed by atoms with E-state index in [0.717, 1.165) is 0 Å². The lowest BCUT2D eigenvalue weighted by Gasteiger charge is -2.17. The van der Waals surface area contributed by atoms with Crippen molar-refractivity contribution in [1.82, 2.24) is 5.32 Å². The van der Waals surface area contributed by atoms with Crippen molar-refractivity contribution in [2.75, 3.05) is 0 Å². The van der Waals surface area contributed by atoms with Crippen LogP contribution in [-0.2, 0) is 4.79 Å². The molecular formula is C12H14BrNO4. The van der Waals surface area contributed by atoms with Crippen molar-refractivity contribution >= 4 is 27.8 Å². The minimum absolute atomic E-state index is 0.0703. The summed E-state index contributed by atoms with van der Waals surface area (Å²) in [7, 11) is 0. The molecule has 0 radical (unpaired) electrons. The Balaban J connectivity index is 2.87. The molecular weight excluding hydrogens is 302 g/mol. The van der Waals surface area contributed by atoms with Crippen molar-refractivity contribution in [3.05, 3.63) is 28.2 Å². The summed E-state index contributed by atoms with van der Waals surface area (Å²) in [5.41, 5.74) is 0.211. The second-order valence-corrected chi connectivity index (χ2v) is 5.05. The SMILES string of the molecule is CC(C)C(NC(=O)c1ccc(Br)c(O)c1)C(=O)O. The highest BCUT2D eigenvalue weighted by Gasteiger charge is 2.24. The maximum Gasteiger partial charge on any atom is 0.326 e. The lowest BCUT2D eigenvalue weighted by molar-refractivity contribution is -0.140. The monoisotopic (exact) mass is 315 g/mol. The first-order chi connectivity index (χ1) is 8.32. The summed E-state index contributed by atoms with van der Waals surface area (Å²) in [6.07, 6.45) is 0. The van der Waals surface area contributed by atoms with Crippen LogP contribution in [0.2, 0.25) is 0 Å². The lowest BCUT2D eigenvalue weighted by Crippen LogP contribution is -2.44. The fraction of sp³-hybridized carbons (Fsp3) is 0.333. The fourth-order valence-electron chi connectivity index (χ4n) is 1.39. The summed E-state index contributed by atoms with van der Waals surface area (Å²) < 4.78 is 0.470. The molecule has 1 aromatic carbocycles. The third-order valence-corrected chi connectivity index (χ3v) is 3.10. The van der Waals surface area contributed by atoms with Gasteiger partial charge in [0.25, 0.3) is 5.91 Å². The molecule has 0 saturated carbocycles. The fourth-order valence-corrected chi connectivity index (χ4v) is 1.64. The van der Waals surface area contributed by atoms with Crippen molar-refractivity contribution in [3.8, 4) is 5.75 Å². The molecule has 1 rings (SSSR count). The number of carboxylic acid groups (broad SMARTS) is 1. The zero-order valence-corrected chi connectivity index (χ0v) is 11.6. The van der Waals surface area contributed by atoms with Crippen LogP contribution in [0.25, 0.3) is 0 Å². The van der Waals surface area contributed by atoms with E-state index in [0.29, 0.717) is 4.47 Å². The van der Waals surface area contributed by atoms with Crippen molar-refractivity contribution in [2.24, 2.45) is 5.92 Å². The molecule has 98 valence electrons. The summed E-state index contributed by atoms with van der Waals surface area (Å²) in [5.74, 6) is -1.91. The van der Waals surface area contributed by atoms with Crippen molar-refractivity contribution in [3.63, 3.8) is 0 Å². The highest BCUT2D eigenvalue weighted by Crippen LogP contribution is 2.24. The van der Waals surface area contributed by atoms with Gasteiger partial charge in [-0.3, -0.25) is 4.79 Å². The molecule has 0 bridgehead atoms. The van der Waals surface area contributed by atoms with Crippen LogP contribution in [0.3, 0.4) is 0 Å². The number of amides is 1. The molecule has 0 aromatic heterocycles. The Morgan fingerprint density at radius 3 is 2.39 bits per heavy atom. The zero-order valence-electron chi connectivity index (χ0n) is 9.98. The van der Waals surface area contributed by atoms with Crippen molar-refractivity contribution < 1.29 is 19.8 Å². The van der Waals surface area contributed by atoms with Gasteiger partial charge in [0, 0.05) is 5.56 Å². The van der Waals surface area contributed by atoms with Gasteiger partial charge < -0.3 is 15.5 Å². The van der Waals surface area contributed by atoms with Gasteiger partial charge in [0.2, 0.25) is 0 Å². The molecule has 1 amide bonds. The van der Waals surface area contributed by atoms with Crippen molar-refractivity contribution in [1.29, 1.82) is 0 Å². The molecule has 0 heterocycles. The first-order valence-corrected chi connectivity index (χ1v) is 6.14. The smallest absolute Gasteiger partial charge is 0.326 e. The number of halogens is 1. The average Bonchev–Trinajstić information content (AvgIpc) is 2.28. The molecule has 18 heavy (non-hydrogen) atoms. The number of hydrogen-bond acceptors (Lipinski definition) is 3. The van der Waals surface area contributed by atoms with Crippen LogP contribution >= 0.6 is 15.9 Å². The van der Waals surface area contributed by atoms with E-state index < -0.39 is 17.9 Å². The minimum atomic E-state index is -1.08. The number of hydrogen-bond donors (Lipinski definition) is 3. The van der Waals surface area contributed by atoms with E-state index in [2.05, 4.69) is 21.2 Å². The van der Waals surface area contributed by atoms with Gasteiger partial charge >= 0.3 is 5.97 Å². The van der Waals surface area contributed by atoms with E-state index in [1.807, 2.05) is 0 Å². The van der Waals surface area contributed by atoms with Gasteiger partial charge in [-0.25, -0.2) is 4.79 Å². The maximum absolute atomic E-state index is 11.8. The number of benzene rings is 1. The highest BCUT2D eigenvalue weighted by molar-refractivity contribution is 9.10. The van der Waals surface area contributed by atoms with Crippen LogP contribution in [0.15, 0.2) is 22.7 Å². The molecule has 5 nitrogen and oxygen atoms in total. The number of carboxylic acids is 1. The predicted octanol–water partition coefficient (Wildman–Crippen LogP) is 1.99. The quantitative estimate of drug-likeness (QED) is 0.793. The number of aromatic hydroxyl groups is 1. The lowest BCUT2D eigenvalue weighted by atomic mass is 10.0. The van der Waals surface area contributed by atoms with Crippen LogP contribution in [0.1, 0.15) is 24.2 Å². The number of rotatable bonds is 4. The number of phenolic OH excluding ortho intramolecular Hbond substituents is 1. The topological polar surface area (TPSA) is 86.6 Å². The second kappa shape index (κ2) is 5.86. The first-order valence-electron chi connectivity index (χ1n) is 5.35. The van der Waals surface area contributed by atoms with Gasteiger partial charge in [-0.05, 0) is 40.0 Å². The third-order valence-electron chi connectivity index (χ3n) is 2.43. The van der Waals surface area contributed by atoms with E-state index in [-0.39, 0.29) is 17.2 Å².